The molecule has 0 aliphatic rings. The maximum atomic E-state index is 9.29. The highest BCUT2D eigenvalue weighted by Crippen LogP contribution is 2.15. The molecule has 2 atom stereocenters. The largest absolute Gasteiger partial charge is 0.391 e. The summed E-state index contributed by atoms with van der Waals surface area (Å²) in [5.74, 6) is 0.630. The van der Waals surface area contributed by atoms with Crippen LogP contribution in [-0.2, 0) is 0 Å². The number of aliphatic hydroxyl groups excluding tert-OH is 1. The number of aliphatic hydroxyl groups is 1. The standard InChI is InChI=1S/C8H16N4O/c1-5(2)12-4-10-11-8(12)7(9)6(3)13/h4-7,13H,9H2,1-3H3/t6-,7+/m1/s1. The van der Waals surface area contributed by atoms with Gasteiger partial charge in [-0.2, -0.15) is 0 Å². The van der Waals surface area contributed by atoms with E-state index >= 15 is 0 Å². The van der Waals surface area contributed by atoms with Gasteiger partial charge in [0.05, 0.1) is 12.1 Å². The molecular weight excluding hydrogens is 168 g/mol. The molecule has 0 aliphatic carbocycles. The van der Waals surface area contributed by atoms with E-state index < -0.39 is 12.1 Å². The van der Waals surface area contributed by atoms with Gasteiger partial charge in [0.2, 0.25) is 0 Å². The molecule has 5 nitrogen and oxygen atoms in total. The quantitative estimate of drug-likeness (QED) is 0.705. The van der Waals surface area contributed by atoms with Crippen LogP contribution in [0.1, 0.15) is 38.7 Å². The lowest BCUT2D eigenvalue weighted by Crippen LogP contribution is -2.27. The first-order chi connectivity index (χ1) is 6.04. The first kappa shape index (κ1) is 10.1. The van der Waals surface area contributed by atoms with Gasteiger partial charge >= 0.3 is 0 Å². The van der Waals surface area contributed by atoms with Crippen molar-refractivity contribution >= 4 is 0 Å². The fourth-order valence-corrected chi connectivity index (χ4v) is 1.10. The maximum absolute atomic E-state index is 9.29. The van der Waals surface area contributed by atoms with Crippen molar-refractivity contribution in [2.45, 2.75) is 39.0 Å². The van der Waals surface area contributed by atoms with Crippen LogP contribution in [0.3, 0.4) is 0 Å². The molecule has 0 fully saturated rings. The molecule has 1 aromatic rings. The minimum atomic E-state index is -0.610. The first-order valence-corrected chi connectivity index (χ1v) is 4.37. The Morgan fingerprint density at radius 1 is 1.46 bits per heavy atom. The molecule has 1 rings (SSSR count). The average molecular weight is 184 g/mol. The lowest BCUT2D eigenvalue weighted by Gasteiger charge is -2.17. The summed E-state index contributed by atoms with van der Waals surface area (Å²) in [6, 6.07) is -0.209. The van der Waals surface area contributed by atoms with Crippen LogP contribution < -0.4 is 5.73 Å². The summed E-state index contributed by atoms with van der Waals surface area (Å²) in [6.45, 7) is 5.67. The second-order valence-corrected chi connectivity index (χ2v) is 3.46. The van der Waals surface area contributed by atoms with Crippen LogP contribution in [0.15, 0.2) is 6.33 Å². The zero-order valence-corrected chi connectivity index (χ0v) is 8.18. The van der Waals surface area contributed by atoms with E-state index in [1.54, 1.807) is 13.3 Å². The highest BCUT2D eigenvalue weighted by molar-refractivity contribution is 4.97. The Hall–Kier alpha value is -0.940. The fraction of sp³-hybridized carbons (Fsp3) is 0.750. The third-order valence-corrected chi connectivity index (χ3v) is 1.97. The zero-order valence-electron chi connectivity index (χ0n) is 8.18. The van der Waals surface area contributed by atoms with E-state index in [1.165, 1.54) is 0 Å². The summed E-state index contributed by atoms with van der Waals surface area (Å²) < 4.78 is 1.86. The van der Waals surface area contributed by atoms with E-state index in [2.05, 4.69) is 10.2 Å². The van der Waals surface area contributed by atoms with Crippen molar-refractivity contribution < 1.29 is 5.11 Å². The summed E-state index contributed by atoms with van der Waals surface area (Å²) in [5, 5.41) is 16.9. The van der Waals surface area contributed by atoms with Gasteiger partial charge in [-0.25, -0.2) is 0 Å². The molecule has 13 heavy (non-hydrogen) atoms. The molecule has 0 aliphatic heterocycles. The average Bonchev–Trinajstić information content (AvgIpc) is 2.50. The van der Waals surface area contributed by atoms with Crippen LogP contribution in [-0.4, -0.2) is 26.0 Å². The molecule has 5 heteroatoms. The van der Waals surface area contributed by atoms with Crippen molar-refractivity contribution in [1.29, 1.82) is 0 Å². The van der Waals surface area contributed by atoms with E-state index in [4.69, 9.17) is 5.73 Å². The number of rotatable bonds is 3. The second kappa shape index (κ2) is 3.85. The number of nitrogens with zero attached hydrogens (tertiary/aromatic N) is 3. The van der Waals surface area contributed by atoms with E-state index in [1.807, 2.05) is 18.4 Å². The van der Waals surface area contributed by atoms with Gasteiger partial charge in [0, 0.05) is 6.04 Å². The van der Waals surface area contributed by atoms with Crippen molar-refractivity contribution in [1.82, 2.24) is 14.8 Å². The molecule has 0 radical (unpaired) electrons. The molecule has 1 aromatic heterocycles. The van der Waals surface area contributed by atoms with Gasteiger partial charge in [-0.1, -0.05) is 0 Å². The van der Waals surface area contributed by atoms with Crippen molar-refractivity contribution in [3.05, 3.63) is 12.2 Å². The summed E-state index contributed by atoms with van der Waals surface area (Å²) in [5.41, 5.74) is 5.75. The van der Waals surface area contributed by atoms with E-state index in [9.17, 15) is 5.11 Å². The van der Waals surface area contributed by atoms with Crippen LogP contribution in [0.4, 0.5) is 0 Å². The highest BCUT2D eigenvalue weighted by atomic mass is 16.3. The Balaban J connectivity index is 2.93. The van der Waals surface area contributed by atoms with Gasteiger partial charge < -0.3 is 15.4 Å². The van der Waals surface area contributed by atoms with Crippen LogP contribution >= 0.6 is 0 Å². The minimum Gasteiger partial charge on any atom is -0.391 e. The van der Waals surface area contributed by atoms with E-state index in [0.29, 0.717) is 5.82 Å². The fourth-order valence-electron chi connectivity index (χ4n) is 1.10. The van der Waals surface area contributed by atoms with Crippen molar-refractivity contribution in [2.75, 3.05) is 0 Å². The maximum Gasteiger partial charge on any atom is 0.152 e. The lowest BCUT2D eigenvalue weighted by molar-refractivity contribution is 0.158. The summed E-state index contributed by atoms with van der Waals surface area (Å²) in [4.78, 5) is 0. The Bertz CT molecular complexity index is 269. The Morgan fingerprint density at radius 2 is 2.08 bits per heavy atom. The Kier molecular flexibility index (Phi) is 3.00. The predicted molar refractivity (Wildman–Crippen MR) is 49.0 cm³/mol. The van der Waals surface area contributed by atoms with Crippen molar-refractivity contribution in [3.63, 3.8) is 0 Å². The van der Waals surface area contributed by atoms with Gasteiger partial charge in [-0.15, -0.1) is 10.2 Å². The number of aromatic nitrogens is 3. The lowest BCUT2D eigenvalue weighted by atomic mass is 10.2. The van der Waals surface area contributed by atoms with Gasteiger partial charge in [0.15, 0.2) is 5.82 Å². The smallest absolute Gasteiger partial charge is 0.152 e. The molecule has 1 heterocycles. The number of nitrogens with two attached hydrogens (primary N) is 1. The van der Waals surface area contributed by atoms with Crippen LogP contribution in [0, 0.1) is 0 Å². The third kappa shape index (κ3) is 2.05. The van der Waals surface area contributed by atoms with Gasteiger partial charge in [-0.05, 0) is 20.8 Å². The minimum absolute atomic E-state index is 0.259. The normalized spacial score (nSPS) is 16.2. The SMILES string of the molecule is CC(C)n1cnnc1[C@@H](N)[C@@H](C)O. The van der Waals surface area contributed by atoms with Gasteiger partial charge in [0.25, 0.3) is 0 Å². The molecule has 0 unspecified atom stereocenters. The van der Waals surface area contributed by atoms with Crippen molar-refractivity contribution in [2.24, 2.45) is 5.73 Å². The number of hydrogen-bond acceptors (Lipinski definition) is 4. The second-order valence-electron chi connectivity index (χ2n) is 3.46. The highest BCUT2D eigenvalue weighted by Gasteiger charge is 2.19. The summed E-state index contributed by atoms with van der Waals surface area (Å²) in [7, 11) is 0. The summed E-state index contributed by atoms with van der Waals surface area (Å²) >= 11 is 0. The van der Waals surface area contributed by atoms with Crippen LogP contribution in [0.5, 0.6) is 0 Å². The molecule has 3 N–H and O–H groups in total. The van der Waals surface area contributed by atoms with Crippen LogP contribution in [0.2, 0.25) is 0 Å². The molecule has 74 valence electrons. The molecule has 0 aromatic carbocycles. The third-order valence-electron chi connectivity index (χ3n) is 1.97. The molecular formula is C8H16N4O. The van der Waals surface area contributed by atoms with Crippen molar-refractivity contribution in [3.8, 4) is 0 Å². The van der Waals surface area contributed by atoms with Gasteiger partial charge in [-0.3, -0.25) is 0 Å². The molecule has 0 bridgehead atoms. The first-order valence-electron chi connectivity index (χ1n) is 4.37. The summed E-state index contributed by atoms with van der Waals surface area (Å²) in [6.07, 6.45) is 1.02. The predicted octanol–water partition coefficient (Wildman–Crippen LogP) is 0.240. The Morgan fingerprint density at radius 3 is 2.54 bits per heavy atom. The number of hydrogen-bond donors (Lipinski definition) is 2. The molecule has 0 saturated carbocycles. The molecule has 0 amide bonds. The molecule has 0 spiro atoms. The van der Waals surface area contributed by atoms with E-state index in [0.717, 1.165) is 0 Å². The monoisotopic (exact) mass is 184 g/mol. The molecule has 0 saturated heterocycles. The van der Waals surface area contributed by atoms with Gasteiger partial charge in [0.1, 0.15) is 6.33 Å². The van der Waals surface area contributed by atoms with Crippen LogP contribution in [0.25, 0.3) is 0 Å². The topological polar surface area (TPSA) is 77.0 Å². The zero-order chi connectivity index (χ0) is 10.0. The van der Waals surface area contributed by atoms with E-state index in [-0.39, 0.29) is 6.04 Å². The Labute approximate surface area is 77.6 Å².